The lowest BCUT2D eigenvalue weighted by Gasteiger charge is -2.36. The summed E-state index contributed by atoms with van der Waals surface area (Å²) in [6, 6.07) is 0.198. The number of rotatable bonds is 5. The maximum absolute atomic E-state index is 12.4. The summed E-state index contributed by atoms with van der Waals surface area (Å²) in [6.07, 6.45) is 5.90. The molecule has 1 aliphatic carbocycles. The molecule has 3 N–H and O–H groups in total. The third kappa shape index (κ3) is 3.71. The molecule has 3 nitrogen and oxygen atoms in total. The van der Waals surface area contributed by atoms with Crippen molar-refractivity contribution in [3.8, 4) is 0 Å². The smallest absolute Gasteiger partial charge is 0.223 e. The maximum Gasteiger partial charge on any atom is 0.223 e. The molecule has 1 rings (SSSR count). The summed E-state index contributed by atoms with van der Waals surface area (Å²) in [4.78, 5) is 12.4. The minimum atomic E-state index is -0.0120. The van der Waals surface area contributed by atoms with Crippen molar-refractivity contribution in [2.45, 2.75) is 77.8 Å². The molecule has 0 radical (unpaired) electrons. The summed E-state index contributed by atoms with van der Waals surface area (Å²) >= 11 is 0. The minimum Gasteiger partial charge on any atom is -0.350 e. The first-order valence-corrected chi connectivity index (χ1v) is 7.53. The topological polar surface area (TPSA) is 55.1 Å². The molecule has 3 atom stereocenters. The van der Waals surface area contributed by atoms with Gasteiger partial charge in [0.05, 0.1) is 0 Å². The van der Waals surface area contributed by atoms with Gasteiger partial charge in [-0.1, -0.05) is 27.7 Å². The van der Waals surface area contributed by atoms with Gasteiger partial charge >= 0.3 is 0 Å². The number of amides is 1. The Kier molecular flexibility index (Phi) is 5.64. The summed E-state index contributed by atoms with van der Waals surface area (Å²) in [5, 5.41) is 3.30. The molecule has 1 saturated carbocycles. The van der Waals surface area contributed by atoms with Crippen LogP contribution in [0.2, 0.25) is 0 Å². The summed E-state index contributed by atoms with van der Waals surface area (Å²) in [6.45, 7) is 8.67. The molecule has 1 amide bonds. The van der Waals surface area contributed by atoms with Gasteiger partial charge in [0.1, 0.15) is 0 Å². The van der Waals surface area contributed by atoms with Crippen LogP contribution in [0.25, 0.3) is 0 Å². The van der Waals surface area contributed by atoms with Gasteiger partial charge in [-0.2, -0.15) is 0 Å². The van der Waals surface area contributed by atoms with E-state index in [9.17, 15) is 4.79 Å². The average Bonchev–Trinajstić information content (AvgIpc) is 2.35. The van der Waals surface area contributed by atoms with Crippen molar-refractivity contribution in [3.63, 3.8) is 0 Å². The Morgan fingerprint density at radius 2 is 1.72 bits per heavy atom. The molecule has 1 aliphatic rings. The highest BCUT2D eigenvalue weighted by Crippen LogP contribution is 2.29. The summed E-state index contributed by atoms with van der Waals surface area (Å²) in [5.41, 5.74) is 6.02. The van der Waals surface area contributed by atoms with Crippen LogP contribution in [0, 0.1) is 11.8 Å². The number of nitrogens with two attached hydrogens (primary N) is 1. The highest BCUT2D eigenvalue weighted by molar-refractivity contribution is 5.79. The van der Waals surface area contributed by atoms with E-state index >= 15 is 0 Å². The number of hydrogen-bond acceptors (Lipinski definition) is 2. The first-order valence-electron chi connectivity index (χ1n) is 7.53. The molecule has 0 heterocycles. The fourth-order valence-electron chi connectivity index (χ4n) is 3.25. The number of nitrogens with one attached hydrogen (secondary N) is 1. The van der Waals surface area contributed by atoms with Gasteiger partial charge in [-0.15, -0.1) is 0 Å². The van der Waals surface area contributed by atoms with Gasteiger partial charge in [-0.05, 0) is 44.4 Å². The van der Waals surface area contributed by atoms with Gasteiger partial charge in [0.15, 0.2) is 0 Å². The molecule has 18 heavy (non-hydrogen) atoms. The molecule has 0 aliphatic heterocycles. The molecule has 0 bridgehead atoms. The fourth-order valence-corrected chi connectivity index (χ4v) is 3.25. The zero-order valence-corrected chi connectivity index (χ0v) is 12.5. The van der Waals surface area contributed by atoms with E-state index in [0.717, 1.165) is 38.5 Å². The Hall–Kier alpha value is -0.570. The summed E-state index contributed by atoms with van der Waals surface area (Å²) < 4.78 is 0. The lowest BCUT2D eigenvalue weighted by atomic mass is 9.78. The zero-order chi connectivity index (χ0) is 13.8. The van der Waals surface area contributed by atoms with Crippen LogP contribution in [0.5, 0.6) is 0 Å². The van der Waals surface area contributed by atoms with E-state index in [0.29, 0.717) is 5.92 Å². The SMILES string of the molecule is CCC(CC)(CC)NC(=O)C1CC(C)CC(N)C1. The molecular weight excluding hydrogens is 224 g/mol. The summed E-state index contributed by atoms with van der Waals surface area (Å²) in [5.74, 6) is 0.916. The van der Waals surface area contributed by atoms with E-state index in [-0.39, 0.29) is 23.4 Å². The van der Waals surface area contributed by atoms with E-state index < -0.39 is 0 Å². The van der Waals surface area contributed by atoms with Crippen molar-refractivity contribution >= 4 is 5.91 Å². The lowest BCUT2D eigenvalue weighted by molar-refractivity contribution is -0.128. The van der Waals surface area contributed by atoms with Gasteiger partial charge in [0.2, 0.25) is 5.91 Å². The van der Waals surface area contributed by atoms with Gasteiger partial charge in [-0.3, -0.25) is 4.79 Å². The summed E-state index contributed by atoms with van der Waals surface area (Å²) in [7, 11) is 0. The van der Waals surface area contributed by atoms with Crippen LogP contribution in [-0.2, 0) is 4.79 Å². The average molecular weight is 254 g/mol. The Morgan fingerprint density at radius 1 is 1.17 bits per heavy atom. The molecule has 3 unspecified atom stereocenters. The molecule has 0 aromatic heterocycles. The second kappa shape index (κ2) is 6.55. The van der Waals surface area contributed by atoms with Crippen molar-refractivity contribution < 1.29 is 4.79 Å². The van der Waals surface area contributed by atoms with E-state index in [1.165, 1.54) is 0 Å². The largest absolute Gasteiger partial charge is 0.350 e. The third-order valence-electron chi connectivity index (χ3n) is 4.77. The normalized spacial score (nSPS) is 29.1. The number of carbonyl (C=O) groups is 1. The van der Waals surface area contributed by atoms with Crippen molar-refractivity contribution in [1.82, 2.24) is 5.32 Å². The predicted octanol–water partition coefficient (Wildman–Crippen LogP) is 2.83. The second-order valence-corrected chi connectivity index (χ2v) is 6.10. The molecule has 1 fully saturated rings. The van der Waals surface area contributed by atoms with Crippen LogP contribution in [-0.4, -0.2) is 17.5 Å². The Bertz CT molecular complexity index is 255. The van der Waals surface area contributed by atoms with Crippen molar-refractivity contribution in [2.24, 2.45) is 17.6 Å². The van der Waals surface area contributed by atoms with E-state index in [4.69, 9.17) is 5.73 Å². The van der Waals surface area contributed by atoms with Crippen molar-refractivity contribution in [1.29, 1.82) is 0 Å². The standard InChI is InChI=1S/C15H30N2O/c1-5-15(6-2,7-3)17-14(18)12-8-11(4)9-13(16)10-12/h11-13H,5-10,16H2,1-4H3,(H,17,18). The predicted molar refractivity (Wildman–Crippen MR) is 76.2 cm³/mol. The van der Waals surface area contributed by atoms with Gasteiger partial charge in [0, 0.05) is 17.5 Å². The number of carbonyl (C=O) groups excluding carboxylic acids is 1. The zero-order valence-electron chi connectivity index (χ0n) is 12.5. The van der Waals surface area contributed by atoms with Crippen LogP contribution in [0.1, 0.15) is 66.2 Å². The van der Waals surface area contributed by atoms with E-state index in [2.05, 4.69) is 33.0 Å². The van der Waals surface area contributed by atoms with E-state index in [1.54, 1.807) is 0 Å². The van der Waals surface area contributed by atoms with Crippen LogP contribution in [0.15, 0.2) is 0 Å². The Labute approximate surface area is 112 Å². The van der Waals surface area contributed by atoms with Gasteiger partial charge in [-0.25, -0.2) is 0 Å². The molecule has 0 saturated heterocycles. The highest BCUT2D eigenvalue weighted by atomic mass is 16.2. The minimum absolute atomic E-state index is 0.0120. The first kappa shape index (κ1) is 15.5. The molecule has 106 valence electrons. The first-order chi connectivity index (χ1) is 8.46. The van der Waals surface area contributed by atoms with Gasteiger partial charge < -0.3 is 11.1 Å². The second-order valence-electron chi connectivity index (χ2n) is 6.10. The van der Waals surface area contributed by atoms with Crippen LogP contribution >= 0.6 is 0 Å². The molecule has 0 aromatic carbocycles. The van der Waals surface area contributed by atoms with E-state index in [1.807, 2.05) is 0 Å². The van der Waals surface area contributed by atoms with Crippen molar-refractivity contribution in [2.75, 3.05) is 0 Å². The van der Waals surface area contributed by atoms with Crippen molar-refractivity contribution in [3.05, 3.63) is 0 Å². The van der Waals surface area contributed by atoms with Crippen LogP contribution in [0.4, 0.5) is 0 Å². The molecule has 3 heteroatoms. The Balaban J connectivity index is 2.63. The lowest BCUT2D eigenvalue weighted by Crippen LogP contribution is -2.51. The highest BCUT2D eigenvalue weighted by Gasteiger charge is 2.33. The maximum atomic E-state index is 12.4. The number of hydrogen-bond donors (Lipinski definition) is 2. The molecule has 0 spiro atoms. The quantitative estimate of drug-likeness (QED) is 0.792. The Morgan fingerprint density at radius 3 is 2.17 bits per heavy atom. The fraction of sp³-hybridized carbons (Fsp3) is 0.933. The molecular formula is C15H30N2O. The monoisotopic (exact) mass is 254 g/mol. The van der Waals surface area contributed by atoms with Crippen LogP contribution < -0.4 is 11.1 Å². The third-order valence-corrected chi connectivity index (χ3v) is 4.77. The van der Waals surface area contributed by atoms with Crippen LogP contribution in [0.3, 0.4) is 0 Å². The van der Waals surface area contributed by atoms with Gasteiger partial charge in [0.25, 0.3) is 0 Å². The molecule has 0 aromatic rings.